The van der Waals surface area contributed by atoms with Crippen molar-refractivity contribution >= 4 is 5.69 Å². The third kappa shape index (κ3) is 1.99. The maximum absolute atomic E-state index is 5.83. The van der Waals surface area contributed by atoms with Crippen molar-refractivity contribution < 1.29 is 9.47 Å². The van der Waals surface area contributed by atoms with Crippen LogP contribution in [0.25, 0.3) is 0 Å². The van der Waals surface area contributed by atoms with Crippen molar-refractivity contribution in [3.63, 3.8) is 0 Å². The normalized spacial score (nSPS) is 21.1. The van der Waals surface area contributed by atoms with Crippen LogP contribution in [0.2, 0.25) is 0 Å². The van der Waals surface area contributed by atoms with Crippen LogP contribution in [0.5, 0.6) is 5.75 Å². The molecule has 0 amide bonds. The molecule has 14 heavy (non-hydrogen) atoms. The Kier molecular flexibility index (Phi) is 2.59. The van der Waals surface area contributed by atoms with Crippen molar-refractivity contribution in [3.8, 4) is 5.75 Å². The highest BCUT2D eigenvalue weighted by Gasteiger charge is 2.17. The molecule has 3 heteroatoms. The molecule has 0 spiro atoms. The minimum Gasteiger partial charge on any atom is -0.486 e. The number of nitrogens with two attached hydrogens (primary N) is 1. The molecule has 1 heterocycles. The van der Waals surface area contributed by atoms with Crippen molar-refractivity contribution in [2.75, 3.05) is 18.9 Å². The van der Waals surface area contributed by atoms with Gasteiger partial charge in [0.1, 0.15) is 11.9 Å². The molecular weight excluding hydrogens is 178 g/mol. The lowest BCUT2D eigenvalue weighted by atomic mass is 10.2. The van der Waals surface area contributed by atoms with Gasteiger partial charge in [0.15, 0.2) is 0 Å². The molecule has 1 aromatic rings. The van der Waals surface area contributed by atoms with E-state index in [9.17, 15) is 0 Å². The Balaban J connectivity index is 2.08. The van der Waals surface area contributed by atoms with E-state index in [4.69, 9.17) is 15.2 Å². The van der Waals surface area contributed by atoms with Crippen LogP contribution in [-0.2, 0) is 4.74 Å². The van der Waals surface area contributed by atoms with Gasteiger partial charge in [-0.1, -0.05) is 6.07 Å². The number of benzene rings is 1. The van der Waals surface area contributed by atoms with Crippen LogP contribution in [0, 0.1) is 6.92 Å². The Morgan fingerprint density at radius 3 is 3.00 bits per heavy atom. The van der Waals surface area contributed by atoms with Crippen molar-refractivity contribution in [1.82, 2.24) is 0 Å². The molecule has 3 nitrogen and oxygen atoms in total. The molecule has 1 fully saturated rings. The minimum atomic E-state index is 0.167. The smallest absolute Gasteiger partial charge is 0.142 e. The van der Waals surface area contributed by atoms with Crippen LogP contribution >= 0.6 is 0 Å². The van der Waals surface area contributed by atoms with E-state index in [-0.39, 0.29) is 6.10 Å². The summed E-state index contributed by atoms with van der Waals surface area (Å²) in [7, 11) is 0. The predicted molar refractivity (Wildman–Crippen MR) is 55.4 cm³/mol. The summed E-state index contributed by atoms with van der Waals surface area (Å²) in [4.78, 5) is 0. The van der Waals surface area contributed by atoms with Gasteiger partial charge in [0.2, 0.25) is 0 Å². The first-order chi connectivity index (χ1) is 6.75. The van der Waals surface area contributed by atoms with Gasteiger partial charge in [-0.2, -0.15) is 0 Å². The number of hydrogen-bond donors (Lipinski definition) is 1. The van der Waals surface area contributed by atoms with Crippen LogP contribution in [-0.4, -0.2) is 19.3 Å². The lowest BCUT2D eigenvalue weighted by molar-refractivity contribution is 0.142. The second-order valence-corrected chi connectivity index (χ2v) is 3.64. The molecule has 1 aliphatic heterocycles. The summed E-state index contributed by atoms with van der Waals surface area (Å²) in [5.74, 6) is 0.770. The van der Waals surface area contributed by atoms with Crippen molar-refractivity contribution in [1.29, 1.82) is 0 Å². The van der Waals surface area contributed by atoms with Crippen molar-refractivity contribution in [2.24, 2.45) is 0 Å². The molecule has 1 saturated heterocycles. The Labute approximate surface area is 83.8 Å². The fourth-order valence-corrected chi connectivity index (χ4v) is 1.56. The van der Waals surface area contributed by atoms with Gasteiger partial charge < -0.3 is 15.2 Å². The molecule has 0 aromatic heterocycles. The number of aryl methyl sites for hydroxylation is 1. The van der Waals surface area contributed by atoms with E-state index < -0.39 is 0 Å². The average molecular weight is 193 g/mol. The summed E-state index contributed by atoms with van der Waals surface area (Å²) >= 11 is 0. The fourth-order valence-electron chi connectivity index (χ4n) is 1.56. The molecule has 1 aromatic carbocycles. The van der Waals surface area contributed by atoms with E-state index in [0.29, 0.717) is 12.3 Å². The zero-order valence-electron chi connectivity index (χ0n) is 8.32. The van der Waals surface area contributed by atoms with Gasteiger partial charge in [-0.3, -0.25) is 0 Å². The first kappa shape index (κ1) is 9.34. The molecule has 76 valence electrons. The van der Waals surface area contributed by atoms with Gasteiger partial charge in [-0.05, 0) is 24.6 Å². The van der Waals surface area contributed by atoms with Gasteiger partial charge in [0.05, 0.1) is 18.9 Å². The number of nitrogen functional groups attached to an aromatic ring is 1. The molecule has 0 saturated carbocycles. The van der Waals surface area contributed by atoms with E-state index in [2.05, 4.69) is 0 Å². The average Bonchev–Trinajstić information content (AvgIpc) is 2.62. The summed E-state index contributed by atoms with van der Waals surface area (Å²) < 4.78 is 10.9. The quantitative estimate of drug-likeness (QED) is 0.728. The van der Waals surface area contributed by atoms with Crippen molar-refractivity contribution in [2.45, 2.75) is 19.4 Å². The van der Waals surface area contributed by atoms with Crippen LogP contribution < -0.4 is 10.5 Å². The topological polar surface area (TPSA) is 44.5 Å². The van der Waals surface area contributed by atoms with E-state index in [0.717, 1.165) is 24.3 Å². The zero-order valence-corrected chi connectivity index (χ0v) is 8.32. The molecule has 1 aliphatic rings. The predicted octanol–water partition coefficient (Wildman–Crippen LogP) is 1.74. The van der Waals surface area contributed by atoms with Crippen LogP contribution in [0.4, 0.5) is 5.69 Å². The molecule has 2 rings (SSSR count). The van der Waals surface area contributed by atoms with Gasteiger partial charge in [-0.15, -0.1) is 0 Å². The highest BCUT2D eigenvalue weighted by atomic mass is 16.5. The highest BCUT2D eigenvalue weighted by Crippen LogP contribution is 2.24. The van der Waals surface area contributed by atoms with Gasteiger partial charge in [0, 0.05) is 6.42 Å². The number of rotatable bonds is 2. The summed E-state index contributed by atoms with van der Waals surface area (Å²) in [6.45, 7) is 3.47. The van der Waals surface area contributed by atoms with E-state index in [1.165, 1.54) is 0 Å². The van der Waals surface area contributed by atoms with E-state index in [1.807, 2.05) is 25.1 Å². The second-order valence-electron chi connectivity index (χ2n) is 3.64. The molecule has 0 unspecified atom stereocenters. The Bertz CT molecular complexity index is 319. The molecule has 2 N–H and O–H groups in total. The summed E-state index contributed by atoms with van der Waals surface area (Å²) in [6.07, 6.45) is 1.12. The third-order valence-corrected chi connectivity index (χ3v) is 2.35. The minimum absolute atomic E-state index is 0.167. The Morgan fingerprint density at radius 1 is 1.50 bits per heavy atom. The molecule has 0 bridgehead atoms. The molecule has 1 atom stereocenters. The number of ether oxygens (including phenoxy) is 2. The van der Waals surface area contributed by atoms with Gasteiger partial charge in [0.25, 0.3) is 0 Å². The van der Waals surface area contributed by atoms with Crippen molar-refractivity contribution in [3.05, 3.63) is 23.8 Å². The van der Waals surface area contributed by atoms with E-state index in [1.54, 1.807) is 0 Å². The van der Waals surface area contributed by atoms with Crippen LogP contribution in [0.3, 0.4) is 0 Å². The largest absolute Gasteiger partial charge is 0.486 e. The summed E-state index contributed by atoms with van der Waals surface area (Å²) in [6, 6.07) is 5.84. The lowest BCUT2D eigenvalue weighted by Crippen LogP contribution is -2.16. The highest BCUT2D eigenvalue weighted by molar-refractivity contribution is 5.54. The number of anilines is 1. The summed E-state index contributed by atoms with van der Waals surface area (Å²) in [5.41, 5.74) is 7.69. The molecule has 0 radical (unpaired) electrons. The van der Waals surface area contributed by atoms with Gasteiger partial charge in [-0.25, -0.2) is 0 Å². The van der Waals surface area contributed by atoms with E-state index >= 15 is 0 Å². The maximum Gasteiger partial charge on any atom is 0.142 e. The Morgan fingerprint density at radius 2 is 2.36 bits per heavy atom. The first-order valence-corrected chi connectivity index (χ1v) is 4.86. The Hall–Kier alpha value is -1.22. The standard InChI is InChI=1S/C11H15NO2/c1-8-2-3-11(10(12)6-8)14-9-4-5-13-7-9/h2-3,6,9H,4-5,7,12H2,1H3/t9-/m0/s1. The molecular formula is C11H15NO2. The fraction of sp³-hybridized carbons (Fsp3) is 0.455. The van der Waals surface area contributed by atoms with Gasteiger partial charge >= 0.3 is 0 Å². The summed E-state index contributed by atoms with van der Waals surface area (Å²) in [5, 5.41) is 0. The number of hydrogen-bond acceptors (Lipinski definition) is 3. The first-order valence-electron chi connectivity index (χ1n) is 4.86. The molecule has 0 aliphatic carbocycles. The second kappa shape index (κ2) is 3.88. The SMILES string of the molecule is Cc1ccc(O[C@H]2CCOC2)c(N)c1. The maximum atomic E-state index is 5.83. The monoisotopic (exact) mass is 193 g/mol. The van der Waals surface area contributed by atoms with Crippen LogP contribution in [0.15, 0.2) is 18.2 Å². The van der Waals surface area contributed by atoms with Crippen LogP contribution in [0.1, 0.15) is 12.0 Å². The lowest BCUT2D eigenvalue weighted by Gasteiger charge is -2.13. The third-order valence-electron chi connectivity index (χ3n) is 2.35. The zero-order chi connectivity index (χ0) is 9.97.